The lowest BCUT2D eigenvalue weighted by Crippen LogP contribution is -2.11. The van der Waals surface area contributed by atoms with Crippen LogP contribution in [0.4, 0.5) is 4.39 Å². The molecule has 6 rings (SSSR count). The van der Waals surface area contributed by atoms with Gasteiger partial charge in [0.15, 0.2) is 0 Å². The molecule has 28 heavy (non-hydrogen) atoms. The van der Waals surface area contributed by atoms with Crippen molar-refractivity contribution in [1.29, 1.82) is 0 Å². The molecule has 0 saturated heterocycles. The summed E-state index contributed by atoms with van der Waals surface area (Å²) in [5.74, 6) is 3.44. The minimum atomic E-state index is -0.277. The molecule has 0 radical (unpaired) electrons. The van der Waals surface area contributed by atoms with E-state index in [9.17, 15) is 4.39 Å². The fraction of sp³-hybridized carbons (Fsp3) is 0.174. The van der Waals surface area contributed by atoms with Crippen LogP contribution in [0.15, 0.2) is 71.2 Å². The van der Waals surface area contributed by atoms with E-state index < -0.39 is 0 Å². The van der Waals surface area contributed by atoms with E-state index in [1.54, 1.807) is 0 Å². The summed E-state index contributed by atoms with van der Waals surface area (Å²) in [4.78, 5) is 4.77. The monoisotopic (exact) mass is 434 g/mol. The number of hydrogen-bond acceptors (Lipinski definition) is 2. The lowest BCUT2D eigenvalue weighted by atomic mass is 10.0. The van der Waals surface area contributed by atoms with Crippen molar-refractivity contribution in [3.63, 3.8) is 0 Å². The van der Waals surface area contributed by atoms with E-state index in [1.165, 1.54) is 6.07 Å². The van der Waals surface area contributed by atoms with Crippen molar-refractivity contribution >= 4 is 27.0 Å². The van der Waals surface area contributed by atoms with Crippen LogP contribution in [0, 0.1) is 11.7 Å². The Morgan fingerprint density at radius 1 is 1.04 bits per heavy atom. The second-order valence-electron chi connectivity index (χ2n) is 7.50. The average Bonchev–Trinajstić information content (AvgIpc) is 3.32. The van der Waals surface area contributed by atoms with Crippen molar-refractivity contribution in [3.05, 3.63) is 88.4 Å². The molecular weight excluding hydrogens is 419 g/mol. The van der Waals surface area contributed by atoms with Crippen molar-refractivity contribution in [2.45, 2.75) is 18.4 Å². The van der Waals surface area contributed by atoms with Crippen LogP contribution in [0.3, 0.4) is 0 Å². The molecule has 1 aromatic heterocycles. The smallest absolute Gasteiger partial charge is 0.139 e. The largest absolute Gasteiger partial charge is 0.457 e. The van der Waals surface area contributed by atoms with Gasteiger partial charge in [0.05, 0.1) is 21.5 Å². The molecule has 0 N–H and O–H groups in total. The highest BCUT2D eigenvalue weighted by atomic mass is 79.9. The van der Waals surface area contributed by atoms with E-state index >= 15 is 0 Å². The van der Waals surface area contributed by atoms with Crippen LogP contribution in [0.1, 0.15) is 29.8 Å². The zero-order valence-electron chi connectivity index (χ0n) is 14.8. The molecule has 3 aromatic carbocycles. The summed E-state index contributed by atoms with van der Waals surface area (Å²) >= 11 is 3.33. The van der Waals surface area contributed by atoms with Gasteiger partial charge in [-0.15, -0.1) is 0 Å². The number of imidazole rings is 1. The van der Waals surface area contributed by atoms with Gasteiger partial charge >= 0.3 is 0 Å². The third-order valence-electron chi connectivity index (χ3n) is 5.82. The summed E-state index contributed by atoms with van der Waals surface area (Å²) in [5, 5.41) is 0. The van der Waals surface area contributed by atoms with Crippen LogP contribution < -0.4 is 4.74 Å². The summed E-state index contributed by atoms with van der Waals surface area (Å²) in [5.41, 5.74) is 2.83. The number of nitrogens with zero attached hydrogens (tertiary/aromatic N) is 2. The molecule has 0 amide bonds. The third kappa shape index (κ3) is 2.35. The Morgan fingerprint density at radius 2 is 1.82 bits per heavy atom. The van der Waals surface area contributed by atoms with Gasteiger partial charge in [0, 0.05) is 17.5 Å². The van der Waals surface area contributed by atoms with Gasteiger partial charge in [-0.2, -0.15) is 0 Å². The summed E-state index contributed by atoms with van der Waals surface area (Å²) < 4.78 is 23.0. The maximum atomic E-state index is 14.0. The maximum Gasteiger partial charge on any atom is 0.139 e. The Labute approximate surface area is 169 Å². The first-order valence-corrected chi connectivity index (χ1v) is 10.2. The molecule has 1 saturated carbocycles. The van der Waals surface area contributed by atoms with Crippen molar-refractivity contribution in [2.75, 3.05) is 0 Å². The van der Waals surface area contributed by atoms with Gasteiger partial charge in [-0.25, -0.2) is 9.37 Å². The Bertz CT molecular complexity index is 1220. The van der Waals surface area contributed by atoms with E-state index in [4.69, 9.17) is 9.72 Å². The van der Waals surface area contributed by atoms with Crippen molar-refractivity contribution in [2.24, 2.45) is 5.92 Å². The number of halogens is 2. The zero-order chi connectivity index (χ0) is 18.8. The lowest BCUT2D eigenvalue weighted by Gasteiger charge is -2.21. The molecule has 1 aliphatic heterocycles. The van der Waals surface area contributed by atoms with Crippen molar-refractivity contribution in [3.8, 4) is 11.5 Å². The maximum absolute atomic E-state index is 14.0. The highest BCUT2D eigenvalue weighted by Crippen LogP contribution is 2.63. The minimum Gasteiger partial charge on any atom is -0.457 e. The molecule has 1 aliphatic carbocycles. The molecule has 2 aliphatic rings. The summed E-state index contributed by atoms with van der Waals surface area (Å²) in [6, 6.07) is 21.6. The zero-order valence-corrected chi connectivity index (χ0v) is 16.4. The van der Waals surface area contributed by atoms with E-state index in [2.05, 4.69) is 32.6 Å². The quantitative estimate of drug-likeness (QED) is 0.371. The highest BCUT2D eigenvalue weighted by molar-refractivity contribution is 9.10. The van der Waals surface area contributed by atoms with Gasteiger partial charge in [-0.3, -0.25) is 0 Å². The number of rotatable bonds is 3. The first-order valence-electron chi connectivity index (χ1n) is 9.39. The molecule has 3 nitrogen and oxygen atoms in total. The van der Waals surface area contributed by atoms with Crippen LogP contribution in [-0.4, -0.2) is 9.55 Å². The standard InChI is InChI=1S/C23H16BrFN2O/c24-17-11-20-19(12-18(17)25)26-23-16-10-15(16)22(27(20)23)14-8-4-5-9-21(14)28-13-6-2-1-3-7-13/h1-9,11-12,15-16,22H,10H2/t15-,16+,22?/m1/s1. The fourth-order valence-corrected chi connectivity index (χ4v) is 4.85. The van der Waals surface area contributed by atoms with E-state index in [1.807, 2.05) is 48.5 Å². The normalized spacial score (nSPS) is 22.1. The number of ether oxygens (including phenoxy) is 1. The van der Waals surface area contributed by atoms with Crippen LogP contribution in [0.25, 0.3) is 11.0 Å². The molecule has 5 heteroatoms. The van der Waals surface area contributed by atoms with E-state index in [0.717, 1.165) is 34.8 Å². The van der Waals surface area contributed by atoms with Gasteiger partial charge in [0.1, 0.15) is 23.1 Å². The van der Waals surface area contributed by atoms with Gasteiger partial charge < -0.3 is 9.30 Å². The molecule has 4 aromatic rings. The van der Waals surface area contributed by atoms with Crippen molar-refractivity contribution in [1.82, 2.24) is 9.55 Å². The minimum absolute atomic E-state index is 0.155. The van der Waals surface area contributed by atoms with E-state index in [-0.39, 0.29) is 11.9 Å². The second kappa shape index (κ2) is 5.92. The van der Waals surface area contributed by atoms with Gasteiger partial charge in [0.2, 0.25) is 0 Å². The molecule has 0 bridgehead atoms. The molecule has 2 heterocycles. The molecular formula is C23H16BrFN2O. The first-order chi connectivity index (χ1) is 13.7. The highest BCUT2D eigenvalue weighted by Gasteiger charge is 2.55. The van der Waals surface area contributed by atoms with Crippen molar-refractivity contribution < 1.29 is 9.13 Å². The van der Waals surface area contributed by atoms with Crippen LogP contribution >= 0.6 is 15.9 Å². The third-order valence-corrected chi connectivity index (χ3v) is 6.43. The van der Waals surface area contributed by atoms with Crippen LogP contribution in [0.2, 0.25) is 0 Å². The van der Waals surface area contributed by atoms with E-state index in [0.29, 0.717) is 21.8 Å². The fourth-order valence-electron chi connectivity index (χ4n) is 4.52. The van der Waals surface area contributed by atoms with Gasteiger partial charge in [-0.05, 0) is 52.5 Å². The first kappa shape index (κ1) is 16.3. The molecule has 3 atom stereocenters. The summed E-state index contributed by atoms with van der Waals surface area (Å²) in [6.45, 7) is 0. The molecule has 0 spiro atoms. The molecule has 1 fully saturated rings. The number of para-hydroxylation sites is 2. The Hall–Kier alpha value is -2.66. The lowest BCUT2D eigenvalue weighted by molar-refractivity contribution is 0.457. The topological polar surface area (TPSA) is 27.1 Å². The Kier molecular flexibility index (Phi) is 3.45. The number of hydrogen-bond donors (Lipinski definition) is 0. The summed E-state index contributed by atoms with van der Waals surface area (Å²) in [7, 11) is 0. The predicted octanol–water partition coefficient (Wildman–Crippen LogP) is 6.44. The molecule has 1 unspecified atom stereocenters. The predicted molar refractivity (Wildman–Crippen MR) is 109 cm³/mol. The van der Waals surface area contributed by atoms with Crippen LogP contribution in [0.5, 0.6) is 11.5 Å². The summed E-state index contributed by atoms with van der Waals surface area (Å²) in [6.07, 6.45) is 1.12. The Morgan fingerprint density at radius 3 is 2.68 bits per heavy atom. The van der Waals surface area contributed by atoms with Crippen LogP contribution in [-0.2, 0) is 0 Å². The van der Waals surface area contributed by atoms with Gasteiger partial charge in [-0.1, -0.05) is 36.4 Å². The second-order valence-corrected chi connectivity index (χ2v) is 8.35. The number of fused-ring (bicyclic) bond motifs is 5. The molecule has 138 valence electrons. The average molecular weight is 435 g/mol. The Balaban J connectivity index is 1.51. The number of aromatic nitrogens is 2. The van der Waals surface area contributed by atoms with Gasteiger partial charge in [0.25, 0.3) is 0 Å². The SMILES string of the molecule is Fc1cc2nc3n(c2cc1Br)C(c1ccccc1Oc1ccccc1)[C@@H]1C[C@H]31. The number of benzene rings is 3.